The van der Waals surface area contributed by atoms with Gasteiger partial charge in [0.25, 0.3) is 0 Å². The van der Waals surface area contributed by atoms with Gasteiger partial charge in [-0.15, -0.1) is 0 Å². The second kappa shape index (κ2) is 7.97. The minimum absolute atomic E-state index is 0.114. The van der Waals surface area contributed by atoms with Crippen LogP contribution in [0, 0.1) is 0 Å². The van der Waals surface area contributed by atoms with Crippen molar-refractivity contribution < 1.29 is 18.0 Å². The molecule has 0 heterocycles. The van der Waals surface area contributed by atoms with E-state index in [1.165, 1.54) is 6.07 Å². The molecule has 0 spiro atoms. The number of likely N-dealkylation sites (N-methyl/N-ethyl adjacent to an activating group) is 1. The zero-order chi connectivity index (χ0) is 17.6. The van der Waals surface area contributed by atoms with E-state index < -0.39 is 11.7 Å². The van der Waals surface area contributed by atoms with Gasteiger partial charge in [0.05, 0.1) is 12.1 Å². The summed E-state index contributed by atoms with van der Waals surface area (Å²) < 4.78 is 38.1. The standard InChI is InChI=1S/C18H19F3N2O/c1-23(12-15-8-5-9-16(10-15)18(19,20)21)13-17(24)22-11-14-6-3-2-4-7-14/h2-10H,11-13H2,1H3,(H,22,24). The number of hydrogen-bond acceptors (Lipinski definition) is 2. The Labute approximate surface area is 139 Å². The van der Waals surface area contributed by atoms with Crippen LogP contribution < -0.4 is 5.32 Å². The molecule has 0 atom stereocenters. The van der Waals surface area contributed by atoms with E-state index in [-0.39, 0.29) is 19.0 Å². The molecule has 24 heavy (non-hydrogen) atoms. The molecular weight excluding hydrogens is 317 g/mol. The molecule has 1 N–H and O–H groups in total. The molecule has 0 aromatic heterocycles. The summed E-state index contributed by atoms with van der Waals surface area (Å²) in [4.78, 5) is 13.6. The summed E-state index contributed by atoms with van der Waals surface area (Å²) in [6, 6.07) is 14.6. The predicted octanol–water partition coefficient (Wildman–Crippen LogP) is 3.45. The first kappa shape index (κ1) is 18.0. The number of amides is 1. The molecule has 2 aromatic rings. The van der Waals surface area contributed by atoms with Crippen molar-refractivity contribution in [2.24, 2.45) is 0 Å². The van der Waals surface area contributed by atoms with E-state index in [1.807, 2.05) is 30.3 Å². The summed E-state index contributed by atoms with van der Waals surface area (Å²) in [5.74, 6) is -0.173. The lowest BCUT2D eigenvalue weighted by molar-refractivity contribution is -0.137. The molecule has 1 amide bonds. The summed E-state index contributed by atoms with van der Waals surface area (Å²) in [6.07, 6.45) is -4.36. The average molecular weight is 336 g/mol. The Kier molecular flexibility index (Phi) is 5.98. The molecule has 0 saturated heterocycles. The highest BCUT2D eigenvalue weighted by Crippen LogP contribution is 2.29. The lowest BCUT2D eigenvalue weighted by atomic mass is 10.1. The Morgan fingerprint density at radius 3 is 2.38 bits per heavy atom. The second-order valence-corrected chi connectivity index (χ2v) is 5.63. The fourth-order valence-electron chi connectivity index (χ4n) is 2.31. The Bertz CT molecular complexity index is 671. The number of benzene rings is 2. The van der Waals surface area contributed by atoms with Gasteiger partial charge in [0.1, 0.15) is 0 Å². The number of nitrogens with zero attached hydrogens (tertiary/aromatic N) is 1. The predicted molar refractivity (Wildman–Crippen MR) is 86.1 cm³/mol. The smallest absolute Gasteiger partial charge is 0.351 e. The molecule has 0 aliphatic carbocycles. The van der Waals surface area contributed by atoms with Crippen molar-refractivity contribution >= 4 is 5.91 Å². The largest absolute Gasteiger partial charge is 0.416 e. The maximum absolute atomic E-state index is 12.7. The number of halogens is 3. The van der Waals surface area contributed by atoms with E-state index in [2.05, 4.69) is 5.32 Å². The highest BCUT2D eigenvalue weighted by atomic mass is 19.4. The molecule has 0 unspecified atom stereocenters. The van der Waals surface area contributed by atoms with Crippen molar-refractivity contribution in [3.8, 4) is 0 Å². The Balaban J connectivity index is 1.84. The van der Waals surface area contributed by atoms with Gasteiger partial charge in [0.15, 0.2) is 0 Å². The highest BCUT2D eigenvalue weighted by Gasteiger charge is 2.30. The zero-order valence-corrected chi connectivity index (χ0v) is 13.3. The lowest BCUT2D eigenvalue weighted by Crippen LogP contribution is -2.34. The third-order valence-electron chi connectivity index (χ3n) is 3.45. The van der Waals surface area contributed by atoms with Crippen molar-refractivity contribution in [1.82, 2.24) is 10.2 Å². The molecule has 128 valence electrons. The number of carbonyl (C=O) groups excluding carboxylic acids is 1. The molecule has 0 aliphatic heterocycles. The van der Waals surface area contributed by atoms with E-state index in [0.29, 0.717) is 12.1 Å². The van der Waals surface area contributed by atoms with Crippen molar-refractivity contribution in [1.29, 1.82) is 0 Å². The van der Waals surface area contributed by atoms with E-state index in [9.17, 15) is 18.0 Å². The number of rotatable bonds is 6. The Morgan fingerprint density at radius 2 is 1.71 bits per heavy atom. The van der Waals surface area contributed by atoms with Crippen molar-refractivity contribution in [3.05, 3.63) is 71.3 Å². The average Bonchev–Trinajstić information content (AvgIpc) is 2.53. The summed E-state index contributed by atoms with van der Waals surface area (Å²) in [5, 5.41) is 2.79. The van der Waals surface area contributed by atoms with Gasteiger partial charge < -0.3 is 5.32 Å². The first-order chi connectivity index (χ1) is 11.3. The van der Waals surface area contributed by atoms with Crippen LogP contribution >= 0.6 is 0 Å². The fourth-order valence-corrected chi connectivity index (χ4v) is 2.31. The highest BCUT2D eigenvalue weighted by molar-refractivity contribution is 5.77. The Morgan fingerprint density at radius 1 is 1.04 bits per heavy atom. The van der Waals surface area contributed by atoms with E-state index >= 15 is 0 Å². The molecule has 6 heteroatoms. The van der Waals surface area contributed by atoms with Crippen LogP contribution in [0.5, 0.6) is 0 Å². The van der Waals surface area contributed by atoms with Crippen LogP contribution in [0.1, 0.15) is 16.7 Å². The minimum Gasteiger partial charge on any atom is -0.351 e. The second-order valence-electron chi connectivity index (χ2n) is 5.63. The molecule has 0 radical (unpaired) electrons. The molecule has 0 fully saturated rings. The van der Waals surface area contributed by atoms with Crippen LogP contribution in [0.25, 0.3) is 0 Å². The summed E-state index contributed by atoms with van der Waals surface area (Å²) >= 11 is 0. The maximum Gasteiger partial charge on any atom is 0.416 e. The van der Waals surface area contributed by atoms with Crippen molar-refractivity contribution in [2.75, 3.05) is 13.6 Å². The summed E-state index contributed by atoms with van der Waals surface area (Å²) in [7, 11) is 1.70. The molecule has 0 bridgehead atoms. The topological polar surface area (TPSA) is 32.3 Å². The van der Waals surface area contributed by atoms with Gasteiger partial charge in [-0.3, -0.25) is 9.69 Å². The molecule has 0 aliphatic rings. The van der Waals surface area contributed by atoms with Gasteiger partial charge in [0, 0.05) is 13.1 Å². The summed E-state index contributed by atoms with van der Waals surface area (Å²) in [5.41, 5.74) is 0.830. The van der Waals surface area contributed by atoms with Gasteiger partial charge in [-0.2, -0.15) is 13.2 Å². The maximum atomic E-state index is 12.7. The van der Waals surface area contributed by atoms with Gasteiger partial charge in [-0.1, -0.05) is 48.5 Å². The quantitative estimate of drug-likeness (QED) is 0.876. The zero-order valence-electron chi connectivity index (χ0n) is 13.3. The number of carbonyl (C=O) groups is 1. The third kappa shape index (κ3) is 5.70. The molecular formula is C18H19F3N2O. The summed E-state index contributed by atoms with van der Waals surface area (Å²) in [6.45, 7) is 0.808. The van der Waals surface area contributed by atoms with E-state index in [0.717, 1.165) is 17.7 Å². The van der Waals surface area contributed by atoms with Crippen LogP contribution in [0.15, 0.2) is 54.6 Å². The van der Waals surface area contributed by atoms with Gasteiger partial charge in [0.2, 0.25) is 5.91 Å². The molecule has 3 nitrogen and oxygen atoms in total. The fraction of sp³-hybridized carbons (Fsp3) is 0.278. The SMILES string of the molecule is CN(CC(=O)NCc1ccccc1)Cc1cccc(C(F)(F)F)c1. The number of alkyl halides is 3. The van der Waals surface area contributed by atoms with Gasteiger partial charge in [-0.05, 0) is 24.2 Å². The number of hydrogen-bond donors (Lipinski definition) is 1. The molecule has 0 saturated carbocycles. The van der Waals surface area contributed by atoms with E-state index in [1.54, 1.807) is 18.0 Å². The Hall–Kier alpha value is -2.34. The molecule has 2 aromatic carbocycles. The van der Waals surface area contributed by atoms with Crippen LogP contribution in [0.3, 0.4) is 0 Å². The molecule has 2 rings (SSSR count). The lowest BCUT2D eigenvalue weighted by Gasteiger charge is -2.17. The normalized spacial score (nSPS) is 11.5. The number of nitrogens with one attached hydrogen (secondary N) is 1. The monoisotopic (exact) mass is 336 g/mol. The van der Waals surface area contributed by atoms with Gasteiger partial charge in [-0.25, -0.2) is 0 Å². The van der Waals surface area contributed by atoms with Crippen molar-refractivity contribution in [2.45, 2.75) is 19.3 Å². The van der Waals surface area contributed by atoms with Crippen LogP contribution in [-0.2, 0) is 24.1 Å². The van der Waals surface area contributed by atoms with Crippen LogP contribution in [-0.4, -0.2) is 24.4 Å². The first-order valence-corrected chi connectivity index (χ1v) is 7.50. The first-order valence-electron chi connectivity index (χ1n) is 7.50. The third-order valence-corrected chi connectivity index (χ3v) is 3.45. The minimum atomic E-state index is -4.36. The van der Waals surface area contributed by atoms with Crippen LogP contribution in [0.2, 0.25) is 0 Å². The van der Waals surface area contributed by atoms with E-state index in [4.69, 9.17) is 0 Å². The van der Waals surface area contributed by atoms with Crippen molar-refractivity contribution in [3.63, 3.8) is 0 Å². The van der Waals surface area contributed by atoms with Gasteiger partial charge >= 0.3 is 6.18 Å². The van der Waals surface area contributed by atoms with Crippen LogP contribution in [0.4, 0.5) is 13.2 Å².